The van der Waals surface area contributed by atoms with Crippen molar-refractivity contribution < 1.29 is 23.9 Å². The van der Waals surface area contributed by atoms with Crippen LogP contribution in [0.15, 0.2) is 46.4 Å². The van der Waals surface area contributed by atoms with Crippen molar-refractivity contribution in [1.29, 1.82) is 0 Å². The summed E-state index contributed by atoms with van der Waals surface area (Å²) in [6, 6.07) is 9.28. The van der Waals surface area contributed by atoms with Crippen molar-refractivity contribution in [3.8, 4) is 0 Å². The maximum atomic E-state index is 13.0. The Morgan fingerprint density at radius 3 is 2.66 bits per heavy atom. The maximum Gasteiger partial charge on any atom is 0.335 e. The Balaban J connectivity index is 1.65. The smallest absolute Gasteiger partial charge is 0.335 e. The number of rotatable bonds is 4. The molecule has 2 amide bonds. The lowest BCUT2D eigenvalue weighted by molar-refractivity contribution is -0.122. The predicted molar refractivity (Wildman–Crippen MR) is 110 cm³/mol. The van der Waals surface area contributed by atoms with E-state index in [0.717, 1.165) is 30.8 Å². The molecule has 3 heterocycles. The van der Waals surface area contributed by atoms with Crippen LogP contribution >= 0.6 is 12.2 Å². The number of furan rings is 1. The normalized spacial score (nSPS) is 18.5. The van der Waals surface area contributed by atoms with E-state index in [1.165, 1.54) is 24.3 Å². The van der Waals surface area contributed by atoms with Gasteiger partial charge in [-0.25, -0.2) is 4.79 Å². The first kappa shape index (κ1) is 18.9. The number of anilines is 2. The van der Waals surface area contributed by atoms with Gasteiger partial charge < -0.3 is 14.4 Å². The Morgan fingerprint density at radius 1 is 1.17 bits per heavy atom. The molecule has 1 aromatic carbocycles. The van der Waals surface area contributed by atoms with Crippen molar-refractivity contribution in [2.75, 3.05) is 22.9 Å². The van der Waals surface area contributed by atoms with Gasteiger partial charge in [-0.2, -0.15) is 0 Å². The Labute approximate surface area is 171 Å². The van der Waals surface area contributed by atoms with Gasteiger partial charge in [0, 0.05) is 19.2 Å². The van der Waals surface area contributed by atoms with Gasteiger partial charge in [0.15, 0.2) is 11.0 Å². The van der Waals surface area contributed by atoms with E-state index in [0.29, 0.717) is 11.6 Å². The molecule has 2 aromatic rings. The van der Waals surface area contributed by atoms with E-state index < -0.39 is 17.8 Å². The van der Waals surface area contributed by atoms with Gasteiger partial charge in [-0.15, -0.1) is 0 Å². The quantitative estimate of drug-likeness (QED) is 0.452. The maximum absolute atomic E-state index is 13.0. The van der Waals surface area contributed by atoms with Gasteiger partial charge >= 0.3 is 5.97 Å². The molecule has 1 aromatic heterocycles. The van der Waals surface area contributed by atoms with E-state index in [1.807, 2.05) is 6.07 Å². The molecule has 2 N–H and O–H groups in total. The van der Waals surface area contributed by atoms with Crippen LogP contribution in [0.5, 0.6) is 0 Å². The standard InChI is InChI=1S/C20H17N3O5S/c24-17-15(11-14-6-7-16(28-14)22-8-1-2-9-22)18(25)23(20(29)21-17)13-5-3-4-12(10-13)19(26)27/h3-7,10-11H,1-2,8-9H2,(H,26,27)(H,21,24,29). The van der Waals surface area contributed by atoms with Crippen LogP contribution in [0, 0.1) is 0 Å². The third kappa shape index (κ3) is 3.64. The van der Waals surface area contributed by atoms with E-state index in [2.05, 4.69) is 10.2 Å². The molecule has 0 bridgehead atoms. The Bertz CT molecular complexity index is 1050. The molecule has 0 spiro atoms. The van der Waals surface area contributed by atoms with Gasteiger partial charge in [0.2, 0.25) is 0 Å². The summed E-state index contributed by atoms with van der Waals surface area (Å²) >= 11 is 5.13. The number of carbonyl (C=O) groups is 3. The molecular weight excluding hydrogens is 394 g/mol. The molecule has 0 unspecified atom stereocenters. The fourth-order valence-electron chi connectivity index (χ4n) is 3.34. The van der Waals surface area contributed by atoms with Gasteiger partial charge in [-0.05, 0) is 55.4 Å². The second-order valence-corrected chi connectivity index (χ2v) is 7.07. The lowest BCUT2D eigenvalue weighted by atomic mass is 10.1. The predicted octanol–water partition coefficient (Wildman–Crippen LogP) is 2.41. The average molecular weight is 411 g/mol. The van der Waals surface area contributed by atoms with Crippen LogP contribution < -0.4 is 15.1 Å². The van der Waals surface area contributed by atoms with Crippen LogP contribution in [0.1, 0.15) is 29.0 Å². The van der Waals surface area contributed by atoms with Crippen molar-refractivity contribution in [3.63, 3.8) is 0 Å². The van der Waals surface area contributed by atoms with Crippen molar-refractivity contribution in [2.24, 2.45) is 0 Å². The third-order valence-electron chi connectivity index (χ3n) is 4.77. The van der Waals surface area contributed by atoms with Crippen LogP contribution in [0.4, 0.5) is 11.6 Å². The van der Waals surface area contributed by atoms with E-state index in [9.17, 15) is 19.5 Å². The summed E-state index contributed by atoms with van der Waals surface area (Å²) in [7, 11) is 0. The number of carboxylic acid groups (broad SMARTS) is 1. The zero-order chi connectivity index (χ0) is 20.5. The zero-order valence-corrected chi connectivity index (χ0v) is 16.1. The molecule has 2 fully saturated rings. The molecule has 2 aliphatic rings. The monoisotopic (exact) mass is 411 g/mol. The van der Waals surface area contributed by atoms with Crippen LogP contribution in [-0.2, 0) is 9.59 Å². The highest BCUT2D eigenvalue weighted by Gasteiger charge is 2.35. The largest absolute Gasteiger partial charge is 0.478 e. The van der Waals surface area contributed by atoms with Gasteiger partial charge in [0.05, 0.1) is 11.3 Å². The molecule has 0 atom stereocenters. The Morgan fingerprint density at radius 2 is 1.93 bits per heavy atom. The number of hydrogen-bond donors (Lipinski definition) is 2. The fraction of sp³-hybridized carbons (Fsp3) is 0.200. The first-order valence-electron chi connectivity index (χ1n) is 9.03. The number of hydrogen-bond acceptors (Lipinski definition) is 6. The summed E-state index contributed by atoms with van der Waals surface area (Å²) < 4.78 is 5.77. The number of carbonyl (C=O) groups excluding carboxylic acids is 2. The number of nitrogens with zero attached hydrogens (tertiary/aromatic N) is 2. The Hall–Kier alpha value is -3.46. The summed E-state index contributed by atoms with van der Waals surface area (Å²) in [4.78, 5) is 39.8. The second kappa shape index (κ2) is 7.51. The van der Waals surface area contributed by atoms with Crippen molar-refractivity contribution in [2.45, 2.75) is 12.8 Å². The number of benzene rings is 1. The molecule has 0 aliphatic carbocycles. The minimum atomic E-state index is -1.13. The number of amides is 2. The number of aromatic carboxylic acids is 1. The third-order valence-corrected chi connectivity index (χ3v) is 5.05. The first-order valence-corrected chi connectivity index (χ1v) is 9.44. The van der Waals surface area contributed by atoms with Gasteiger partial charge in [-0.3, -0.25) is 19.8 Å². The Kier molecular flexibility index (Phi) is 4.89. The van der Waals surface area contributed by atoms with Crippen LogP contribution in [0.3, 0.4) is 0 Å². The van der Waals surface area contributed by atoms with Crippen LogP contribution in [0.25, 0.3) is 6.08 Å². The van der Waals surface area contributed by atoms with E-state index in [4.69, 9.17) is 16.6 Å². The molecule has 29 heavy (non-hydrogen) atoms. The van der Waals surface area contributed by atoms with Gasteiger partial charge in [0.25, 0.3) is 11.8 Å². The average Bonchev–Trinajstić information content (AvgIpc) is 3.37. The number of carboxylic acids is 1. The number of nitrogens with one attached hydrogen (secondary N) is 1. The van der Waals surface area contributed by atoms with E-state index >= 15 is 0 Å². The van der Waals surface area contributed by atoms with E-state index in [-0.39, 0.29) is 21.9 Å². The lowest BCUT2D eigenvalue weighted by Crippen LogP contribution is -2.54. The number of thiocarbonyl (C=S) groups is 1. The molecule has 2 aliphatic heterocycles. The molecule has 148 valence electrons. The molecule has 2 saturated heterocycles. The van der Waals surface area contributed by atoms with Gasteiger partial charge in [0.1, 0.15) is 11.3 Å². The minimum absolute atomic E-state index is 0.00168. The zero-order valence-electron chi connectivity index (χ0n) is 15.3. The summed E-state index contributed by atoms with van der Waals surface area (Å²) in [6.45, 7) is 1.82. The van der Waals surface area contributed by atoms with Crippen molar-refractivity contribution in [1.82, 2.24) is 5.32 Å². The van der Waals surface area contributed by atoms with E-state index in [1.54, 1.807) is 12.1 Å². The molecule has 8 nitrogen and oxygen atoms in total. The van der Waals surface area contributed by atoms with Crippen LogP contribution in [-0.4, -0.2) is 41.1 Å². The van der Waals surface area contributed by atoms with Gasteiger partial charge in [-0.1, -0.05) is 6.07 Å². The van der Waals surface area contributed by atoms with Crippen molar-refractivity contribution >= 4 is 52.8 Å². The summed E-state index contributed by atoms with van der Waals surface area (Å²) in [5.74, 6) is -1.35. The highest BCUT2D eigenvalue weighted by molar-refractivity contribution is 7.80. The molecule has 0 saturated carbocycles. The summed E-state index contributed by atoms with van der Waals surface area (Å²) in [5.41, 5.74) is 0.103. The fourth-order valence-corrected chi connectivity index (χ4v) is 3.62. The van der Waals surface area contributed by atoms with Crippen molar-refractivity contribution in [3.05, 3.63) is 53.3 Å². The molecular formula is C20H17N3O5S. The molecule has 9 heteroatoms. The summed E-state index contributed by atoms with van der Waals surface area (Å²) in [6.07, 6.45) is 3.56. The van der Waals surface area contributed by atoms with Crippen LogP contribution in [0.2, 0.25) is 0 Å². The molecule has 4 rings (SSSR count). The topological polar surface area (TPSA) is 103 Å². The minimum Gasteiger partial charge on any atom is -0.478 e. The second-order valence-electron chi connectivity index (χ2n) is 6.68. The lowest BCUT2D eigenvalue weighted by Gasteiger charge is -2.28. The summed E-state index contributed by atoms with van der Waals surface area (Å²) in [5, 5.41) is 11.5. The highest BCUT2D eigenvalue weighted by Crippen LogP contribution is 2.26. The highest BCUT2D eigenvalue weighted by atomic mass is 32.1. The SMILES string of the molecule is O=C1NC(=S)N(c2cccc(C(=O)O)c2)C(=O)C1=Cc1ccc(N2CCCC2)o1. The first-order chi connectivity index (χ1) is 13.9. The molecule has 0 radical (unpaired) electrons.